The molecule has 1 aromatic rings. The lowest BCUT2D eigenvalue weighted by molar-refractivity contribution is -0.105. The van der Waals surface area contributed by atoms with Gasteiger partial charge in [-0.3, -0.25) is 4.21 Å². The summed E-state index contributed by atoms with van der Waals surface area (Å²) in [5, 5.41) is 0. The molecule has 1 unspecified atom stereocenters. The van der Waals surface area contributed by atoms with E-state index in [4.69, 9.17) is 0 Å². The minimum atomic E-state index is -4.90. The quantitative estimate of drug-likeness (QED) is 0.434. The first-order valence-electron chi connectivity index (χ1n) is 6.88. The second kappa shape index (κ2) is 7.71. The third kappa shape index (κ3) is 5.98. The van der Waals surface area contributed by atoms with Crippen molar-refractivity contribution in [1.29, 1.82) is 0 Å². The molecule has 25 heavy (non-hydrogen) atoms. The summed E-state index contributed by atoms with van der Waals surface area (Å²) in [6, 6.07) is 1.37. The summed E-state index contributed by atoms with van der Waals surface area (Å²) < 4.78 is 102. The monoisotopic (exact) mass is 392 g/mol. The van der Waals surface area contributed by atoms with E-state index in [0.717, 1.165) is 7.05 Å². The summed E-state index contributed by atoms with van der Waals surface area (Å²) in [5.41, 5.74) is -0.903. The molecule has 0 spiro atoms. The third-order valence-corrected chi connectivity index (χ3v) is 4.62. The Labute approximate surface area is 142 Å². The number of hydrogen-bond acceptors (Lipinski definition) is 2. The van der Waals surface area contributed by atoms with Gasteiger partial charge in [0.1, 0.15) is 17.3 Å². The van der Waals surface area contributed by atoms with E-state index in [-0.39, 0.29) is 12.1 Å². The van der Waals surface area contributed by atoms with Crippen LogP contribution < -0.4 is 0 Å². The number of aryl methyl sites for hydroxylation is 1. The molecule has 0 aromatic heterocycles. The average Bonchev–Trinajstić information content (AvgIpc) is 2.42. The van der Waals surface area contributed by atoms with Crippen LogP contribution in [0.4, 0.5) is 36.4 Å². The van der Waals surface area contributed by atoms with Crippen LogP contribution in [0.5, 0.6) is 0 Å². The lowest BCUT2D eigenvalue weighted by Crippen LogP contribution is -2.38. The molecule has 142 valence electrons. The Morgan fingerprint density at radius 2 is 1.76 bits per heavy atom. The summed E-state index contributed by atoms with van der Waals surface area (Å²) in [5.74, 6) is -4.26. The van der Waals surface area contributed by atoms with Crippen LogP contribution in [0.2, 0.25) is 0 Å². The first-order valence-corrected chi connectivity index (χ1v) is 8.20. The zero-order chi connectivity index (χ0) is 19.6. The zero-order valence-electron chi connectivity index (χ0n) is 13.4. The Morgan fingerprint density at radius 3 is 2.20 bits per heavy atom. The van der Waals surface area contributed by atoms with Crippen molar-refractivity contribution in [2.24, 2.45) is 4.99 Å². The van der Waals surface area contributed by atoms with E-state index in [1.807, 2.05) is 0 Å². The summed E-state index contributed by atoms with van der Waals surface area (Å²) >= 11 is 0. The van der Waals surface area contributed by atoms with E-state index in [1.165, 1.54) is 13.8 Å². The van der Waals surface area contributed by atoms with Gasteiger partial charge < -0.3 is 4.90 Å². The van der Waals surface area contributed by atoms with Gasteiger partial charge in [-0.05, 0) is 31.5 Å². The zero-order valence-corrected chi connectivity index (χ0v) is 14.2. The van der Waals surface area contributed by atoms with Crippen molar-refractivity contribution >= 4 is 22.3 Å². The van der Waals surface area contributed by atoms with Crippen LogP contribution in [0.3, 0.4) is 0 Å². The van der Waals surface area contributed by atoms with E-state index in [0.29, 0.717) is 17.0 Å². The van der Waals surface area contributed by atoms with E-state index >= 15 is 0 Å². The van der Waals surface area contributed by atoms with Crippen LogP contribution in [0, 0.1) is 12.7 Å². The normalized spacial score (nSPS) is 14.6. The number of hydrogen-bond donors (Lipinski definition) is 0. The number of amidine groups is 1. The molecule has 3 nitrogen and oxygen atoms in total. The summed E-state index contributed by atoms with van der Waals surface area (Å²) in [4.78, 5) is 3.50. The molecular formula is C14H15F7N2OS. The fourth-order valence-corrected chi connectivity index (χ4v) is 2.94. The lowest BCUT2D eigenvalue weighted by Gasteiger charge is -2.21. The maximum atomic E-state index is 13.9. The van der Waals surface area contributed by atoms with E-state index < -0.39 is 51.1 Å². The van der Waals surface area contributed by atoms with Crippen LogP contribution in [-0.2, 0) is 10.8 Å². The van der Waals surface area contributed by atoms with Crippen LogP contribution in [-0.4, -0.2) is 46.6 Å². The average molecular weight is 392 g/mol. The summed E-state index contributed by atoms with van der Waals surface area (Å²) in [6.45, 7) is 2.54. The maximum Gasteiger partial charge on any atom is 0.449 e. The molecule has 0 radical (unpaired) electrons. The van der Waals surface area contributed by atoms with Crippen LogP contribution >= 0.6 is 0 Å². The number of benzene rings is 1. The number of alkyl halides is 6. The number of aliphatic imine (C=N–C) groups is 1. The second-order valence-corrected chi connectivity index (χ2v) is 6.54. The number of halogens is 7. The van der Waals surface area contributed by atoms with E-state index in [2.05, 4.69) is 4.99 Å². The molecule has 0 heterocycles. The molecule has 0 aliphatic carbocycles. The van der Waals surface area contributed by atoms with Gasteiger partial charge >= 0.3 is 12.4 Å². The fourth-order valence-electron chi connectivity index (χ4n) is 1.83. The van der Waals surface area contributed by atoms with E-state index in [1.54, 1.807) is 0 Å². The largest absolute Gasteiger partial charge is 0.449 e. The Balaban J connectivity index is 3.44. The molecule has 0 bridgehead atoms. The molecular weight excluding hydrogens is 377 g/mol. The maximum absolute atomic E-state index is 13.9. The van der Waals surface area contributed by atoms with Gasteiger partial charge in [-0.1, -0.05) is 0 Å². The molecule has 0 saturated carbocycles. The van der Waals surface area contributed by atoms with Crippen molar-refractivity contribution in [3.05, 3.63) is 23.5 Å². The Bertz CT molecular complexity index is 683. The van der Waals surface area contributed by atoms with Crippen molar-refractivity contribution < 1.29 is 34.9 Å². The second-order valence-electron chi connectivity index (χ2n) is 5.12. The first kappa shape index (κ1) is 21.4. The smallest absolute Gasteiger partial charge is 0.356 e. The van der Waals surface area contributed by atoms with Gasteiger partial charge in [0.25, 0.3) is 0 Å². The molecule has 0 aliphatic rings. The highest BCUT2D eigenvalue weighted by Gasteiger charge is 2.38. The van der Waals surface area contributed by atoms with Gasteiger partial charge in [-0.25, -0.2) is 9.38 Å². The molecule has 0 aliphatic heterocycles. The molecule has 11 heteroatoms. The Morgan fingerprint density at radius 1 is 1.20 bits per heavy atom. The van der Waals surface area contributed by atoms with Gasteiger partial charge in [0, 0.05) is 18.5 Å². The van der Waals surface area contributed by atoms with Crippen molar-refractivity contribution in [2.45, 2.75) is 31.1 Å². The predicted octanol–water partition coefficient (Wildman–Crippen LogP) is 4.35. The number of rotatable bonds is 4. The molecule has 1 atom stereocenters. The van der Waals surface area contributed by atoms with Crippen molar-refractivity contribution in [1.82, 2.24) is 4.90 Å². The summed E-state index contributed by atoms with van der Waals surface area (Å²) in [7, 11) is -1.50. The molecule has 1 rings (SSSR count). The highest BCUT2D eigenvalue weighted by Crippen LogP contribution is 2.30. The molecule has 0 saturated heterocycles. The van der Waals surface area contributed by atoms with E-state index in [9.17, 15) is 34.9 Å². The SMILES string of the molecule is CCN(C)C(=Nc1cc(S(=O)CC(F)(F)F)c(C)cc1F)C(F)(F)F. The number of nitrogens with zero attached hydrogens (tertiary/aromatic N) is 2. The topological polar surface area (TPSA) is 32.7 Å². The van der Waals surface area contributed by atoms with Gasteiger partial charge in [-0.2, -0.15) is 26.3 Å². The minimum absolute atomic E-state index is 0.0727. The standard InChI is InChI=1S/C14H15F7N2OS/c1-4-23(3)12(14(19,20)21)22-10-6-11(8(2)5-9(10)15)25(24)7-13(16,17)18/h5-6H,4,7H2,1-3H3. The van der Waals surface area contributed by atoms with Crippen molar-refractivity contribution in [2.75, 3.05) is 19.3 Å². The van der Waals surface area contributed by atoms with Gasteiger partial charge in [-0.15, -0.1) is 0 Å². The third-order valence-electron chi connectivity index (χ3n) is 3.10. The molecule has 1 aromatic carbocycles. The van der Waals surface area contributed by atoms with Crippen LogP contribution in [0.25, 0.3) is 0 Å². The molecule has 0 fully saturated rings. The van der Waals surface area contributed by atoms with Gasteiger partial charge in [0.05, 0.1) is 10.8 Å². The van der Waals surface area contributed by atoms with Crippen LogP contribution in [0.15, 0.2) is 22.0 Å². The van der Waals surface area contributed by atoms with Crippen LogP contribution in [0.1, 0.15) is 12.5 Å². The van der Waals surface area contributed by atoms with Gasteiger partial charge in [0.2, 0.25) is 5.84 Å². The highest BCUT2D eigenvalue weighted by atomic mass is 32.2. The molecule has 0 N–H and O–H groups in total. The predicted molar refractivity (Wildman–Crippen MR) is 79.9 cm³/mol. The summed E-state index contributed by atoms with van der Waals surface area (Å²) in [6.07, 6.45) is -9.64. The first-order chi connectivity index (χ1) is 11.3. The van der Waals surface area contributed by atoms with Gasteiger partial charge in [0.15, 0.2) is 0 Å². The highest BCUT2D eigenvalue weighted by molar-refractivity contribution is 7.85. The van der Waals surface area contributed by atoms with Crippen molar-refractivity contribution in [3.63, 3.8) is 0 Å². The Kier molecular flexibility index (Phi) is 6.60. The fraction of sp³-hybridized carbons (Fsp3) is 0.500. The Hall–Kier alpha value is -1.65. The lowest BCUT2D eigenvalue weighted by atomic mass is 10.2. The van der Waals surface area contributed by atoms with Crippen molar-refractivity contribution in [3.8, 4) is 0 Å². The molecule has 0 amide bonds. The minimum Gasteiger partial charge on any atom is -0.356 e.